The second kappa shape index (κ2) is 6.58. The second-order valence-corrected chi connectivity index (χ2v) is 5.77. The van der Waals surface area contributed by atoms with Gasteiger partial charge >= 0.3 is 0 Å². The van der Waals surface area contributed by atoms with Crippen LogP contribution < -0.4 is 5.32 Å². The van der Waals surface area contributed by atoms with Crippen LogP contribution in [0.2, 0.25) is 0 Å². The molecule has 1 rings (SSSR count). The minimum absolute atomic E-state index is 0.287. The summed E-state index contributed by atoms with van der Waals surface area (Å²) in [5, 5.41) is 12.5. The lowest BCUT2D eigenvalue weighted by molar-refractivity contribution is 0.103. The molecule has 0 aromatic carbocycles. The Bertz CT molecular complexity index is 188. The van der Waals surface area contributed by atoms with Crippen LogP contribution in [0.1, 0.15) is 40.0 Å². The molecule has 0 bridgehead atoms. The Morgan fingerprint density at radius 1 is 1.44 bits per heavy atom. The van der Waals surface area contributed by atoms with Gasteiger partial charge in [-0.3, -0.25) is 0 Å². The van der Waals surface area contributed by atoms with Crippen molar-refractivity contribution in [2.24, 2.45) is 5.41 Å². The van der Waals surface area contributed by atoms with Gasteiger partial charge in [0, 0.05) is 25.7 Å². The first-order chi connectivity index (χ1) is 7.57. The van der Waals surface area contributed by atoms with Crippen molar-refractivity contribution in [3.63, 3.8) is 0 Å². The van der Waals surface area contributed by atoms with Crippen LogP contribution in [0.15, 0.2) is 0 Å². The fourth-order valence-electron chi connectivity index (χ4n) is 2.71. The van der Waals surface area contributed by atoms with Crippen molar-refractivity contribution >= 4 is 0 Å². The zero-order valence-corrected chi connectivity index (χ0v) is 11.1. The average molecular weight is 228 g/mol. The van der Waals surface area contributed by atoms with Gasteiger partial charge in [0.05, 0.1) is 0 Å². The van der Waals surface area contributed by atoms with Crippen LogP contribution in [-0.2, 0) is 0 Å². The molecular formula is C13H28N2O. The van der Waals surface area contributed by atoms with Crippen LogP contribution in [-0.4, -0.2) is 48.8 Å². The summed E-state index contributed by atoms with van der Waals surface area (Å²) < 4.78 is 0. The standard InChI is InChI=1S/C13H28N2O/c1-4-14-12(6-9-16)10-15-8-5-7-13(2,3)11-15/h12,14,16H,4-11H2,1-3H3. The first-order valence-electron chi connectivity index (χ1n) is 6.64. The summed E-state index contributed by atoms with van der Waals surface area (Å²) in [6.07, 6.45) is 3.52. The van der Waals surface area contributed by atoms with Gasteiger partial charge in [-0.05, 0) is 37.8 Å². The number of likely N-dealkylation sites (N-methyl/N-ethyl adjacent to an activating group) is 1. The van der Waals surface area contributed by atoms with Gasteiger partial charge in [0.25, 0.3) is 0 Å². The third-order valence-electron chi connectivity index (χ3n) is 3.43. The smallest absolute Gasteiger partial charge is 0.0446 e. The molecule has 0 aliphatic carbocycles. The number of hydrogen-bond donors (Lipinski definition) is 2. The number of likely N-dealkylation sites (tertiary alicyclic amines) is 1. The summed E-state index contributed by atoms with van der Waals surface area (Å²) in [7, 11) is 0. The van der Waals surface area contributed by atoms with Crippen molar-refractivity contribution < 1.29 is 5.11 Å². The van der Waals surface area contributed by atoms with E-state index in [1.165, 1.54) is 25.9 Å². The molecule has 2 N–H and O–H groups in total. The fraction of sp³-hybridized carbons (Fsp3) is 1.00. The Hall–Kier alpha value is -0.120. The molecule has 0 aromatic rings. The molecule has 1 aliphatic heterocycles. The summed E-state index contributed by atoms with van der Waals surface area (Å²) in [5.41, 5.74) is 0.466. The topological polar surface area (TPSA) is 35.5 Å². The normalized spacial score (nSPS) is 23.2. The Kier molecular flexibility index (Phi) is 5.73. The molecule has 0 saturated carbocycles. The van der Waals surface area contributed by atoms with E-state index in [-0.39, 0.29) is 6.61 Å². The van der Waals surface area contributed by atoms with E-state index in [0.717, 1.165) is 19.5 Å². The van der Waals surface area contributed by atoms with Gasteiger partial charge in [-0.1, -0.05) is 20.8 Å². The van der Waals surface area contributed by atoms with Gasteiger partial charge in [0.2, 0.25) is 0 Å². The van der Waals surface area contributed by atoms with Gasteiger partial charge in [0.15, 0.2) is 0 Å². The minimum Gasteiger partial charge on any atom is -0.396 e. The zero-order valence-electron chi connectivity index (χ0n) is 11.1. The molecule has 0 amide bonds. The number of hydrogen-bond acceptors (Lipinski definition) is 3. The summed E-state index contributed by atoms with van der Waals surface area (Å²) in [6.45, 7) is 11.6. The first-order valence-corrected chi connectivity index (χ1v) is 6.64. The average Bonchev–Trinajstić information content (AvgIpc) is 2.16. The monoisotopic (exact) mass is 228 g/mol. The van der Waals surface area contributed by atoms with Crippen molar-refractivity contribution in [2.45, 2.75) is 46.1 Å². The van der Waals surface area contributed by atoms with Crippen molar-refractivity contribution in [3.8, 4) is 0 Å². The Balaban J connectivity index is 2.38. The Labute approximate surface area is 100 Å². The highest BCUT2D eigenvalue weighted by Crippen LogP contribution is 2.28. The van der Waals surface area contributed by atoms with Gasteiger partial charge < -0.3 is 15.3 Å². The molecule has 1 aliphatic rings. The van der Waals surface area contributed by atoms with Crippen LogP contribution in [0.4, 0.5) is 0 Å². The van der Waals surface area contributed by atoms with Crippen molar-refractivity contribution in [2.75, 3.05) is 32.8 Å². The van der Waals surface area contributed by atoms with E-state index in [0.29, 0.717) is 11.5 Å². The zero-order chi connectivity index (χ0) is 12.0. The molecule has 3 nitrogen and oxygen atoms in total. The predicted molar refractivity (Wildman–Crippen MR) is 68.6 cm³/mol. The van der Waals surface area contributed by atoms with E-state index in [9.17, 15) is 0 Å². The first kappa shape index (κ1) is 13.9. The number of piperidine rings is 1. The van der Waals surface area contributed by atoms with Crippen LogP contribution in [0.5, 0.6) is 0 Å². The number of nitrogens with zero attached hydrogens (tertiary/aromatic N) is 1. The third-order valence-corrected chi connectivity index (χ3v) is 3.43. The Morgan fingerprint density at radius 3 is 2.75 bits per heavy atom. The molecule has 0 spiro atoms. The van der Waals surface area contributed by atoms with Crippen molar-refractivity contribution in [3.05, 3.63) is 0 Å². The van der Waals surface area contributed by atoms with Crippen LogP contribution in [0.3, 0.4) is 0 Å². The predicted octanol–water partition coefficient (Wildman–Crippen LogP) is 1.47. The van der Waals surface area contributed by atoms with Gasteiger partial charge in [0.1, 0.15) is 0 Å². The number of rotatable bonds is 6. The van der Waals surface area contributed by atoms with Gasteiger partial charge in [-0.25, -0.2) is 0 Å². The van der Waals surface area contributed by atoms with E-state index in [4.69, 9.17) is 5.11 Å². The molecule has 1 heterocycles. The second-order valence-electron chi connectivity index (χ2n) is 5.77. The van der Waals surface area contributed by atoms with Crippen LogP contribution >= 0.6 is 0 Å². The molecule has 3 heteroatoms. The number of aliphatic hydroxyl groups excluding tert-OH is 1. The summed E-state index contributed by atoms with van der Waals surface area (Å²) >= 11 is 0. The van der Waals surface area contributed by atoms with E-state index < -0.39 is 0 Å². The van der Waals surface area contributed by atoms with E-state index >= 15 is 0 Å². The minimum atomic E-state index is 0.287. The summed E-state index contributed by atoms with van der Waals surface area (Å²) in [4.78, 5) is 2.55. The number of aliphatic hydroxyl groups is 1. The molecule has 1 saturated heterocycles. The van der Waals surface area contributed by atoms with Gasteiger partial charge in [-0.2, -0.15) is 0 Å². The molecule has 1 fully saturated rings. The maximum Gasteiger partial charge on any atom is 0.0446 e. The SMILES string of the molecule is CCNC(CCO)CN1CCCC(C)(C)C1. The largest absolute Gasteiger partial charge is 0.396 e. The lowest BCUT2D eigenvalue weighted by atomic mass is 9.84. The lowest BCUT2D eigenvalue weighted by Crippen LogP contribution is -2.47. The highest BCUT2D eigenvalue weighted by molar-refractivity contribution is 4.82. The summed E-state index contributed by atoms with van der Waals surface area (Å²) in [5.74, 6) is 0. The molecule has 1 atom stereocenters. The van der Waals surface area contributed by atoms with E-state index in [1.807, 2.05) is 0 Å². The molecule has 1 unspecified atom stereocenters. The molecule has 0 aromatic heterocycles. The Morgan fingerprint density at radius 2 is 2.19 bits per heavy atom. The van der Waals surface area contributed by atoms with Crippen molar-refractivity contribution in [1.82, 2.24) is 10.2 Å². The quantitative estimate of drug-likeness (QED) is 0.722. The summed E-state index contributed by atoms with van der Waals surface area (Å²) in [6, 6.07) is 0.448. The van der Waals surface area contributed by atoms with E-state index in [2.05, 4.69) is 31.0 Å². The molecule has 16 heavy (non-hydrogen) atoms. The molecular weight excluding hydrogens is 200 g/mol. The van der Waals surface area contributed by atoms with E-state index in [1.54, 1.807) is 0 Å². The third kappa shape index (κ3) is 4.81. The fourth-order valence-corrected chi connectivity index (χ4v) is 2.71. The molecule has 0 radical (unpaired) electrons. The van der Waals surface area contributed by atoms with Crippen LogP contribution in [0, 0.1) is 5.41 Å². The van der Waals surface area contributed by atoms with Crippen molar-refractivity contribution in [1.29, 1.82) is 0 Å². The maximum atomic E-state index is 9.04. The highest BCUT2D eigenvalue weighted by atomic mass is 16.3. The van der Waals surface area contributed by atoms with Crippen LogP contribution in [0.25, 0.3) is 0 Å². The highest BCUT2D eigenvalue weighted by Gasteiger charge is 2.27. The van der Waals surface area contributed by atoms with Gasteiger partial charge in [-0.15, -0.1) is 0 Å². The maximum absolute atomic E-state index is 9.04. The molecule has 96 valence electrons. The lowest BCUT2D eigenvalue weighted by Gasteiger charge is -2.39. The number of nitrogens with one attached hydrogen (secondary N) is 1.